The van der Waals surface area contributed by atoms with Gasteiger partial charge in [0, 0.05) is 15.5 Å². The van der Waals surface area contributed by atoms with Gasteiger partial charge in [0.2, 0.25) is 0 Å². The lowest BCUT2D eigenvalue weighted by molar-refractivity contribution is 0.302. The van der Waals surface area contributed by atoms with Crippen LogP contribution in [0.1, 0.15) is 18.1 Å². The predicted octanol–water partition coefficient (Wildman–Crippen LogP) is 4.57. The van der Waals surface area contributed by atoms with Crippen LogP contribution < -0.4 is 10.5 Å². The average Bonchev–Trinajstić information content (AvgIpc) is 2.37. The van der Waals surface area contributed by atoms with E-state index >= 15 is 0 Å². The first-order valence-corrected chi connectivity index (χ1v) is 7.63. The third-order valence-corrected chi connectivity index (χ3v) is 3.58. The molecule has 0 aliphatic rings. The summed E-state index contributed by atoms with van der Waals surface area (Å²) in [5, 5.41) is 0.704. The Morgan fingerprint density at radius 2 is 2.05 bits per heavy atom. The maximum Gasteiger partial charge on any atom is 0.123 e. The van der Waals surface area contributed by atoms with Gasteiger partial charge in [-0.3, -0.25) is 0 Å². The summed E-state index contributed by atoms with van der Waals surface area (Å²) in [4.78, 5) is 0. The van der Waals surface area contributed by atoms with E-state index in [0.717, 1.165) is 27.8 Å². The second-order valence-corrected chi connectivity index (χ2v) is 6.20. The molecule has 0 bridgehead atoms. The number of benzene rings is 2. The van der Waals surface area contributed by atoms with Gasteiger partial charge in [0.25, 0.3) is 0 Å². The lowest BCUT2D eigenvalue weighted by Crippen LogP contribution is -2.18. The van der Waals surface area contributed by atoms with E-state index in [1.54, 1.807) is 0 Å². The highest BCUT2D eigenvalue weighted by atomic mass is 79.9. The Morgan fingerprint density at radius 3 is 2.75 bits per heavy atom. The molecule has 20 heavy (non-hydrogen) atoms. The van der Waals surface area contributed by atoms with E-state index in [4.69, 9.17) is 22.1 Å². The molecule has 106 valence electrons. The molecule has 0 fully saturated rings. The molecule has 2 aromatic rings. The van der Waals surface area contributed by atoms with Gasteiger partial charge in [-0.15, -0.1) is 0 Å². The highest BCUT2D eigenvalue weighted by molar-refractivity contribution is 9.10. The fourth-order valence-corrected chi connectivity index (χ4v) is 2.62. The molecule has 0 radical (unpaired) electrons. The first-order chi connectivity index (χ1) is 9.54. The number of halogens is 2. The van der Waals surface area contributed by atoms with Crippen molar-refractivity contribution < 1.29 is 4.74 Å². The summed E-state index contributed by atoms with van der Waals surface area (Å²) in [5.74, 6) is 0.840. The van der Waals surface area contributed by atoms with Crippen LogP contribution in [-0.2, 0) is 13.0 Å². The van der Waals surface area contributed by atoms with Crippen molar-refractivity contribution in [2.24, 2.45) is 5.73 Å². The van der Waals surface area contributed by atoms with Gasteiger partial charge in [-0.05, 0) is 54.8 Å². The van der Waals surface area contributed by atoms with Gasteiger partial charge >= 0.3 is 0 Å². The van der Waals surface area contributed by atoms with Gasteiger partial charge in [0.15, 0.2) is 0 Å². The van der Waals surface area contributed by atoms with Gasteiger partial charge in [-0.2, -0.15) is 0 Å². The van der Waals surface area contributed by atoms with Crippen LogP contribution in [0.15, 0.2) is 46.9 Å². The highest BCUT2D eigenvalue weighted by Crippen LogP contribution is 2.25. The van der Waals surface area contributed by atoms with Gasteiger partial charge in [-0.25, -0.2) is 0 Å². The van der Waals surface area contributed by atoms with E-state index in [1.807, 2.05) is 49.4 Å². The molecule has 2 nitrogen and oxygen atoms in total. The van der Waals surface area contributed by atoms with Gasteiger partial charge in [0.1, 0.15) is 12.4 Å². The van der Waals surface area contributed by atoms with Crippen molar-refractivity contribution in [3.8, 4) is 5.75 Å². The SMILES string of the molecule is CC(N)Cc1cc(Cl)ccc1OCc1cccc(Br)c1. The highest BCUT2D eigenvalue weighted by Gasteiger charge is 2.07. The molecule has 0 aliphatic heterocycles. The van der Waals surface area contributed by atoms with Gasteiger partial charge < -0.3 is 10.5 Å². The van der Waals surface area contributed by atoms with E-state index in [0.29, 0.717) is 11.6 Å². The number of ether oxygens (including phenoxy) is 1. The van der Waals surface area contributed by atoms with Crippen molar-refractivity contribution in [2.75, 3.05) is 0 Å². The smallest absolute Gasteiger partial charge is 0.123 e. The minimum atomic E-state index is 0.0710. The molecule has 2 aromatic carbocycles. The molecule has 0 aromatic heterocycles. The van der Waals surface area contributed by atoms with Crippen LogP contribution in [0.5, 0.6) is 5.75 Å². The third kappa shape index (κ3) is 4.51. The van der Waals surface area contributed by atoms with Crippen LogP contribution in [0.3, 0.4) is 0 Å². The molecule has 0 amide bonds. The average molecular weight is 355 g/mol. The minimum absolute atomic E-state index is 0.0710. The standard InChI is InChI=1S/C16H17BrClNO/c1-11(19)7-13-9-15(18)5-6-16(13)20-10-12-3-2-4-14(17)8-12/h2-6,8-9,11H,7,10,19H2,1H3. The van der Waals surface area contributed by atoms with Crippen molar-refractivity contribution in [3.63, 3.8) is 0 Å². The van der Waals surface area contributed by atoms with E-state index in [9.17, 15) is 0 Å². The molecule has 1 atom stereocenters. The Kier molecular flexibility index (Phi) is 5.46. The van der Waals surface area contributed by atoms with Crippen LogP contribution >= 0.6 is 27.5 Å². The monoisotopic (exact) mass is 353 g/mol. The molecule has 0 saturated carbocycles. The molecule has 0 spiro atoms. The molecular weight excluding hydrogens is 338 g/mol. The fraction of sp³-hybridized carbons (Fsp3) is 0.250. The van der Waals surface area contributed by atoms with E-state index in [-0.39, 0.29) is 6.04 Å². The molecule has 0 heterocycles. The summed E-state index contributed by atoms with van der Waals surface area (Å²) in [6.07, 6.45) is 0.744. The summed E-state index contributed by atoms with van der Waals surface area (Å²) < 4.78 is 6.95. The Labute approximate surface area is 133 Å². The Balaban J connectivity index is 2.12. The molecule has 2 rings (SSSR count). The third-order valence-electron chi connectivity index (χ3n) is 2.85. The van der Waals surface area contributed by atoms with Crippen LogP contribution in [0, 0.1) is 0 Å². The predicted molar refractivity (Wildman–Crippen MR) is 87.3 cm³/mol. The fourth-order valence-electron chi connectivity index (χ4n) is 1.98. The number of hydrogen-bond acceptors (Lipinski definition) is 2. The maximum atomic E-state index is 6.04. The summed E-state index contributed by atoms with van der Waals surface area (Å²) in [6.45, 7) is 2.49. The van der Waals surface area contributed by atoms with Crippen LogP contribution in [0.25, 0.3) is 0 Å². The van der Waals surface area contributed by atoms with E-state index in [1.165, 1.54) is 0 Å². The van der Waals surface area contributed by atoms with Crippen molar-refractivity contribution >= 4 is 27.5 Å². The number of nitrogens with two attached hydrogens (primary N) is 1. The van der Waals surface area contributed by atoms with Crippen molar-refractivity contribution in [3.05, 3.63) is 63.1 Å². The lowest BCUT2D eigenvalue weighted by atomic mass is 10.1. The Morgan fingerprint density at radius 1 is 1.25 bits per heavy atom. The Bertz CT molecular complexity index is 586. The summed E-state index contributed by atoms with van der Waals surface area (Å²) in [6, 6.07) is 13.8. The van der Waals surface area contributed by atoms with Gasteiger partial charge in [-0.1, -0.05) is 39.7 Å². The second-order valence-electron chi connectivity index (χ2n) is 4.85. The van der Waals surface area contributed by atoms with Gasteiger partial charge in [0.05, 0.1) is 0 Å². The second kappa shape index (κ2) is 7.11. The maximum absolute atomic E-state index is 6.04. The lowest BCUT2D eigenvalue weighted by Gasteiger charge is -2.14. The zero-order valence-corrected chi connectivity index (χ0v) is 13.6. The first kappa shape index (κ1) is 15.4. The van der Waals surface area contributed by atoms with Crippen LogP contribution in [0.2, 0.25) is 5.02 Å². The van der Waals surface area contributed by atoms with Crippen molar-refractivity contribution in [2.45, 2.75) is 26.0 Å². The summed E-state index contributed by atoms with van der Waals surface area (Å²) in [7, 11) is 0. The zero-order chi connectivity index (χ0) is 14.5. The largest absolute Gasteiger partial charge is 0.489 e. The van der Waals surface area contributed by atoms with Crippen molar-refractivity contribution in [1.29, 1.82) is 0 Å². The van der Waals surface area contributed by atoms with Crippen molar-refractivity contribution in [1.82, 2.24) is 0 Å². The normalized spacial score (nSPS) is 12.2. The quantitative estimate of drug-likeness (QED) is 0.853. The van der Waals surface area contributed by atoms with Crippen LogP contribution in [-0.4, -0.2) is 6.04 Å². The minimum Gasteiger partial charge on any atom is -0.489 e. The first-order valence-electron chi connectivity index (χ1n) is 6.46. The number of rotatable bonds is 5. The number of hydrogen-bond donors (Lipinski definition) is 1. The zero-order valence-electron chi connectivity index (χ0n) is 11.3. The molecule has 1 unspecified atom stereocenters. The molecule has 0 aliphatic carbocycles. The Hall–Kier alpha value is -1.03. The molecule has 2 N–H and O–H groups in total. The summed E-state index contributed by atoms with van der Waals surface area (Å²) >= 11 is 9.49. The van der Waals surface area contributed by atoms with Crippen LogP contribution in [0.4, 0.5) is 0 Å². The topological polar surface area (TPSA) is 35.2 Å². The molecule has 4 heteroatoms. The molecule has 0 saturated heterocycles. The summed E-state index contributed by atoms with van der Waals surface area (Å²) in [5.41, 5.74) is 8.02. The van der Waals surface area contributed by atoms with E-state index in [2.05, 4.69) is 15.9 Å². The molecular formula is C16H17BrClNO. The van der Waals surface area contributed by atoms with E-state index < -0.39 is 0 Å².